The van der Waals surface area contributed by atoms with Crippen molar-refractivity contribution in [1.82, 2.24) is 15.0 Å². The van der Waals surface area contributed by atoms with Crippen molar-refractivity contribution in [1.29, 1.82) is 0 Å². The van der Waals surface area contributed by atoms with Crippen LogP contribution in [0.5, 0.6) is 0 Å². The second-order valence-corrected chi connectivity index (χ2v) is 6.89. The van der Waals surface area contributed by atoms with Gasteiger partial charge in [0.25, 0.3) is 5.91 Å². The molecule has 1 aliphatic heterocycles. The van der Waals surface area contributed by atoms with E-state index in [1.807, 2.05) is 24.3 Å². The molecule has 2 aromatic heterocycles. The van der Waals surface area contributed by atoms with E-state index in [-0.39, 0.29) is 17.8 Å². The molecule has 0 bridgehead atoms. The molecule has 1 amide bonds. The van der Waals surface area contributed by atoms with Gasteiger partial charge in [0.2, 0.25) is 0 Å². The number of carbonyl (C=O) groups excluding carboxylic acids is 2. The highest BCUT2D eigenvalue weighted by Gasteiger charge is 2.47. The molecule has 0 saturated carbocycles. The number of likely N-dealkylation sites (tertiary alicyclic amines) is 1. The van der Waals surface area contributed by atoms with Gasteiger partial charge in [-0.3, -0.25) is 4.79 Å². The standard InChI is InChI=1S/C21H19N3O5/c1-24-10-9-21(27,20(24)26)18-12-17(29-23-18)14-6-3-5-13(11-14)15-7-4-8-16(22-15)19(25)28-2/h3-8,11-12,27H,9-10H2,1-2H3/t21-/m1/s1. The van der Waals surface area contributed by atoms with E-state index in [1.165, 1.54) is 12.0 Å². The molecule has 0 radical (unpaired) electrons. The summed E-state index contributed by atoms with van der Waals surface area (Å²) in [6.45, 7) is 0.454. The Hall–Kier alpha value is -3.52. The summed E-state index contributed by atoms with van der Waals surface area (Å²) in [5, 5.41) is 14.7. The molecule has 1 aliphatic rings. The summed E-state index contributed by atoms with van der Waals surface area (Å²) < 4.78 is 10.1. The van der Waals surface area contributed by atoms with Gasteiger partial charge in [-0.05, 0) is 18.2 Å². The monoisotopic (exact) mass is 393 g/mol. The van der Waals surface area contributed by atoms with Crippen molar-refractivity contribution < 1.29 is 24.0 Å². The van der Waals surface area contributed by atoms with Gasteiger partial charge in [0.15, 0.2) is 11.4 Å². The first-order valence-corrected chi connectivity index (χ1v) is 9.04. The van der Waals surface area contributed by atoms with Gasteiger partial charge in [-0.15, -0.1) is 0 Å². The lowest BCUT2D eigenvalue weighted by molar-refractivity contribution is -0.143. The van der Waals surface area contributed by atoms with Crippen molar-refractivity contribution in [3.63, 3.8) is 0 Å². The van der Waals surface area contributed by atoms with Crippen LogP contribution in [0, 0.1) is 0 Å². The van der Waals surface area contributed by atoms with Crippen LogP contribution in [0.25, 0.3) is 22.6 Å². The molecule has 0 aliphatic carbocycles. The van der Waals surface area contributed by atoms with E-state index in [0.717, 1.165) is 5.56 Å². The molecular formula is C21H19N3O5. The average Bonchev–Trinajstić information content (AvgIpc) is 3.36. The summed E-state index contributed by atoms with van der Waals surface area (Å²) in [6.07, 6.45) is 0.262. The molecule has 8 heteroatoms. The van der Waals surface area contributed by atoms with Crippen molar-refractivity contribution in [2.75, 3.05) is 20.7 Å². The lowest BCUT2D eigenvalue weighted by Gasteiger charge is -2.16. The van der Waals surface area contributed by atoms with Crippen molar-refractivity contribution >= 4 is 11.9 Å². The maximum Gasteiger partial charge on any atom is 0.356 e. The Morgan fingerprint density at radius 3 is 2.69 bits per heavy atom. The number of amides is 1. The summed E-state index contributed by atoms with van der Waals surface area (Å²) in [5.74, 6) is -0.487. The van der Waals surface area contributed by atoms with E-state index in [0.29, 0.717) is 23.6 Å². The summed E-state index contributed by atoms with van der Waals surface area (Å²) in [7, 11) is 2.94. The molecule has 1 aromatic carbocycles. The molecule has 1 fully saturated rings. The molecule has 3 heterocycles. The average molecular weight is 393 g/mol. The van der Waals surface area contributed by atoms with Crippen LogP contribution in [0.4, 0.5) is 0 Å². The van der Waals surface area contributed by atoms with Crippen molar-refractivity contribution in [2.45, 2.75) is 12.0 Å². The van der Waals surface area contributed by atoms with Gasteiger partial charge in [0.05, 0.1) is 12.8 Å². The number of likely N-dealkylation sites (N-methyl/N-ethyl adjacent to an activating group) is 1. The largest absolute Gasteiger partial charge is 0.464 e. The van der Waals surface area contributed by atoms with E-state index in [2.05, 4.69) is 10.1 Å². The molecule has 1 saturated heterocycles. The zero-order chi connectivity index (χ0) is 20.6. The van der Waals surface area contributed by atoms with Gasteiger partial charge in [-0.1, -0.05) is 29.4 Å². The minimum atomic E-state index is -1.66. The van der Waals surface area contributed by atoms with Crippen LogP contribution in [0.3, 0.4) is 0 Å². The SMILES string of the molecule is COC(=O)c1cccc(-c2cccc(-c3cc([C@]4(O)CCN(C)C4=O)no3)c2)n1. The molecular weight excluding hydrogens is 374 g/mol. The number of aromatic nitrogens is 2. The Bertz CT molecular complexity index is 1090. The van der Waals surface area contributed by atoms with Gasteiger partial charge in [-0.2, -0.15) is 0 Å². The molecule has 3 aromatic rings. The summed E-state index contributed by atoms with van der Waals surface area (Å²) in [5.41, 5.74) is 0.808. The Balaban J connectivity index is 1.66. The van der Waals surface area contributed by atoms with Crippen LogP contribution in [-0.4, -0.2) is 52.7 Å². The number of pyridine rings is 1. The quantitative estimate of drug-likeness (QED) is 0.678. The zero-order valence-corrected chi connectivity index (χ0v) is 16.0. The van der Waals surface area contributed by atoms with Gasteiger partial charge in [-0.25, -0.2) is 9.78 Å². The number of hydrogen-bond acceptors (Lipinski definition) is 7. The lowest BCUT2D eigenvalue weighted by atomic mass is 9.97. The number of ether oxygens (including phenoxy) is 1. The number of hydrogen-bond donors (Lipinski definition) is 1. The van der Waals surface area contributed by atoms with E-state index in [9.17, 15) is 14.7 Å². The smallest absolute Gasteiger partial charge is 0.356 e. The topological polar surface area (TPSA) is 106 Å². The van der Waals surface area contributed by atoms with Crippen molar-refractivity contribution in [2.24, 2.45) is 0 Å². The van der Waals surface area contributed by atoms with E-state index in [1.54, 1.807) is 31.3 Å². The predicted molar refractivity (Wildman–Crippen MR) is 103 cm³/mol. The number of nitrogens with zero attached hydrogens (tertiary/aromatic N) is 3. The molecule has 4 rings (SSSR count). The Morgan fingerprint density at radius 2 is 1.97 bits per heavy atom. The van der Waals surface area contributed by atoms with Gasteiger partial charge in [0.1, 0.15) is 11.4 Å². The van der Waals surface area contributed by atoms with Gasteiger partial charge < -0.3 is 19.3 Å². The lowest BCUT2D eigenvalue weighted by Crippen LogP contribution is -2.36. The Morgan fingerprint density at radius 1 is 1.21 bits per heavy atom. The highest BCUT2D eigenvalue weighted by Crippen LogP contribution is 2.34. The number of esters is 1. The number of aliphatic hydroxyl groups is 1. The maximum atomic E-state index is 12.3. The zero-order valence-electron chi connectivity index (χ0n) is 16.0. The molecule has 29 heavy (non-hydrogen) atoms. The fourth-order valence-electron chi connectivity index (χ4n) is 3.34. The molecule has 148 valence electrons. The van der Waals surface area contributed by atoms with E-state index < -0.39 is 17.5 Å². The highest BCUT2D eigenvalue weighted by molar-refractivity contribution is 5.88. The second-order valence-electron chi connectivity index (χ2n) is 6.89. The Labute approximate surface area is 166 Å². The maximum absolute atomic E-state index is 12.3. The molecule has 0 spiro atoms. The van der Waals surface area contributed by atoms with Crippen LogP contribution in [0.1, 0.15) is 22.6 Å². The second kappa shape index (κ2) is 7.14. The van der Waals surface area contributed by atoms with Gasteiger partial charge in [0, 0.05) is 37.2 Å². The third-order valence-electron chi connectivity index (χ3n) is 5.03. The van der Waals surface area contributed by atoms with E-state index in [4.69, 9.17) is 9.26 Å². The minimum absolute atomic E-state index is 0.193. The fraction of sp³-hybridized carbons (Fsp3) is 0.238. The number of rotatable bonds is 4. The Kier molecular flexibility index (Phi) is 4.63. The number of carbonyl (C=O) groups is 2. The molecule has 1 N–H and O–H groups in total. The number of benzene rings is 1. The minimum Gasteiger partial charge on any atom is -0.464 e. The summed E-state index contributed by atoms with van der Waals surface area (Å²) in [6, 6.07) is 14.0. The summed E-state index contributed by atoms with van der Waals surface area (Å²) >= 11 is 0. The van der Waals surface area contributed by atoms with Crippen molar-refractivity contribution in [3.8, 4) is 22.6 Å². The fourth-order valence-corrected chi connectivity index (χ4v) is 3.34. The third kappa shape index (κ3) is 3.27. The number of methoxy groups -OCH3 is 1. The third-order valence-corrected chi connectivity index (χ3v) is 5.03. The molecule has 0 unspecified atom stereocenters. The predicted octanol–water partition coefficient (Wildman–Crippen LogP) is 2.24. The van der Waals surface area contributed by atoms with Crippen LogP contribution in [0.15, 0.2) is 53.1 Å². The highest BCUT2D eigenvalue weighted by atomic mass is 16.5. The summed E-state index contributed by atoms with van der Waals surface area (Å²) in [4.78, 5) is 29.8. The van der Waals surface area contributed by atoms with Crippen LogP contribution in [-0.2, 0) is 15.1 Å². The first-order chi connectivity index (χ1) is 13.9. The van der Waals surface area contributed by atoms with Crippen LogP contribution < -0.4 is 0 Å². The first-order valence-electron chi connectivity index (χ1n) is 9.04. The normalized spacial score (nSPS) is 18.9. The van der Waals surface area contributed by atoms with Crippen LogP contribution >= 0.6 is 0 Å². The molecule has 1 atom stereocenters. The van der Waals surface area contributed by atoms with Gasteiger partial charge >= 0.3 is 5.97 Å². The van der Waals surface area contributed by atoms with E-state index >= 15 is 0 Å². The van der Waals surface area contributed by atoms with Crippen molar-refractivity contribution in [3.05, 3.63) is 59.9 Å². The van der Waals surface area contributed by atoms with Crippen LogP contribution in [0.2, 0.25) is 0 Å². The first kappa shape index (κ1) is 18.8. The molecule has 8 nitrogen and oxygen atoms in total.